The predicted molar refractivity (Wildman–Crippen MR) is 65.0 cm³/mol. The number of aliphatic hydroxyl groups excluding tert-OH is 1. The quantitative estimate of drug-likeness (QED) is 0.786. The van der Waals surface area contributed by atoms with Gasteiger partial charge < -0.3 is 20.5 Å². The first-order valence-electron chi connectivity index (χ1n) is 5.71. The maximum absolute atomic E-state index is 9.58. The second kappa shape index (κ2) is 4.75. The molecule has 0 aliphatic carbocycles. The Morgan fingerprint density at radius 3 is 2.94 bits per heavy atom. The Balaban J connectivity index is 2.21. The molecule has 2 heterocycles. The number of ether oxygens (including phenoxy) is 1. The molecule has 1 saturated heterocycles. The second-order valence-electron chi connectivity index (χ2n) is 4.35. The molecule has 1 aliphatic rings. The minimum absolute atomic E-state index is 0.274. The van der Waals surface area contributed by atoms with Gasteiger partial charge >= 0.3 is 0 Å². The van der Waals surface area contributed by atoms with E-state index in [1.807, 2.05) is 6.92 Å². The van der Waals surface area contributed by atoms with E-state index in [1.54, 1.807) is 7.11 Å². The highest BCUT2D eigenvalue weighted by atomic mass is 16.5. The number of hydrogen-bond donors (Lipinski definition) is 2. The van der Waals surface area contributed by atoms with Crippen molar-refractivity contribution in [3.63, 3.8) is 0 Å². The van der Waals surface area contributed by atoms with E-state index in [-0.39, 0.29) is 12.0 Å². The number of aliphatic hydroxyl groups is 1. The summed E-state index contributed by atoms with van der Waals surface area (Å²) in [5.41, 5.74) is 5.74. The summed E-state index contributed by atoms with van der Waals surface area (Å²) in [6.45, 7) is 3.44. The largest absolute Gasteiger partial charge is 0.490 e. The molecule has 2 unspecified atom stereocenters. The average molecular weight is 238 g/mol. The number of methoxy groups -OCH3 is 1. The van der Waals surface area contributed by atoms with Crippen LogP contribution in [0.2, 0.25) is 0 Å². The Bertz CT molecular complexity index is 397. The molecule has 1 aromatic heterocycles. The van der Waals surface area contributed by atoms with Crippen LogP contribution < -0.4 is 15.4 Å². The van der Waals surface area contributed by atoms with Crippen LogP contribution in [0, 0.1) is 5.92 Å². The number of rotatable bonds is 3. The molecule has 1 fully saturated rings. The van der Waals surface area contributed by atoms with E-state index in [9.17, 15) is 5.11 Å². The maximum atomic E-state index is 9.58. The topological polar surface area (TPSA) is 84.5 Å². The van der Waals surface area contributed by atoms with E-state index >= 15 is 0 Å². The number of nitrogen functional groups attached to an aromatic ring is 1. The van der Waals surface area contributed by atoms with Crippen molar-refractivity contribution in [1.82, 2.24) is 9.97 Å². The first-order chi connectivity index (χ1) is 8.13. The third-order valence-electron chi connectivity index (χ3n) is 3.22. The lowest BCUT2D eigenvalue weighted by atomic mass is 10.0. The van der Waals surface area contributed by atoms with Crippen LogP contribution in [0.15, 0.2) is 6.33 Å². The molecule has 0 bridgehead atoms. The molecule has 17 heavy (non-hydrogen) atoms. The van der Waals surface area contributed by atoms with Gasteiger partial charge in [0.2, 0.25) is 5.75 Å². The zero-order valence-electron chi connectivity index (χ0n) is 10.1. The Morgan fingerprint density at radius 1 is 1.59 bits per heavy atom. The van der Waals surface area contributed by atoms with E-state index in [1.165, 1.54) is 6.33 Å². The third kappa shape index (κ3) is 2.26. The molecule has 0 saturated carbocycles. The Kier molecular flexibility index (Phi) is 3.33. The summed E-state index contributed by atoms with van der Waals surface area (Å²) in [4.78, 5) is 10.2. The van der Waals surface area contributed by atoms with Gasteiger partial charge in [-0.1, -0.05) is 0 Å². The molecule has 0 aromatic carbocycles. The van der Waals surface area contributed by atoms with Crippen LogP contribution in [-0.2, 0) is 0 Å². The van der Waals surface area contributed by atoms with Crippen molar-refractivity contribution < 1.29 is 9.84 Å². The first kappa shape index (κ1) is 11.9. The van der Waals surface area contributed by atoms with Gasteiger partial charge in [-0.15, -0.1) is 0 Å². The fourth-order valence-electron chi connectivity index (χ4n) is 2.17. The van der Waals surface area contributed by atoms with E-state index in [0.29, 0.717) is 17.4 Å². The molecular weight excluding hydrogens is 220 g/mol. The van der Waals surface area contributed by atoms with Crippen LogP contribution >= 0.6 is 0 Å². The van der Waals surface area contributed by atoms with E-state index < -0.39 is 0 Å². The molecule has 2 atom stereocenters. The van der Waals surface area contributed by atoms with Crippen LogP contribution in [0.3, 0.4) is 0 Å². The lowest BCUT2D eigenvalue weighted by molar-refractivity contribution is 0.136. The molecular formula is C11H18N4O2. The fourth-order valence-corrected chi connectivity index (χ4v) is 2.17. The van der Waals surface area contributed by atoms with Crippen molar-refractivity contribution in [2.24, 2.45) is 5.92 Å². The van der Waals surface area contributed by atoms with Gasteiger partial charge in [0, 0.05) is 19.0 Å². The Labute approximate surface area is 100 Å². The summed E-state index contributed by atoms with van der Waals surface area (Å²) >= 11 is 0. The second-order valence-corrected chi connectivity index (χ2v) is 4.35. The van der Waals surface area contributed by atoms with Crippen molar-refractivity contribution in [1.29, 1.82) is 0 Å². The van der Waals surface area contributed by atoms with Gasteiger partial charge in [0.15, 0.2) is 11.6 Å². The molecule has 0 amide bonds. The number of nitrogens with zero attached hydrogens (tertiary/aromatic N) is 3. The van der Waals surface area contributed by atoms with Gasteiger partial charge in [0.1, 0.15) is 6.33 Å². The number of nitrogens with two attached hydrogens (primary N) is 1. The number of hydrogen-bond acceptors (Lipinski definition) is 6. The molecule has 0 spiro atoms. The summed E-state index contributed by atoms with van der Waals surface area (Å²) in [5, 5.41) is 9.58. The molecule has 1 aliphatic heterocycles. The third-order valence-corrected chi connectivity index (χ3v) is 3.22. The molecule has 6 heteroatoms. The summed E-state index contributed by atoms with van der Waals surface area (Å²) < 4.78 is 5.23. The average Bonchev–Trinajstić information content (AvgIpc) is 2.77. The highest BCUT2D eigenvalue weighted by Crippen LogP contribution is 2.33. The lowest BCUT2D eigenvalue weighted by Crippen LogP contribution is -2.25. The van der Waals surface area contributed by atoms with Crippen LogP contribution in [0.5, 0.6) is 5.75 Å². The highest BCUT2D eigenvalue weighted by molar-refractivity contribution is 5.63. The standard InChI is InChI=1S/C11H18N4O2/c1-7(16)8-3-4-15(5-8)11-9(17-2)10(12)13-6-14-11/h6-8,16H,3-5H2,1-2H3,(H2,12,13,14). The molecule has 2 rings (SSSR count). The molecule has 1 aromatic rings. The van der Waals surface area contributed by atoms with Crippen LogP contribution in [0.4, 0.5) is 11.6 Å². The lowest BCUT2D eigenvalue weighted by Gasteiger charge is -2.20. The van der Waals surface area contributed by atoms with Crippen molar-refractivity contribution in [3.8, 4) is 5.75 Å². The summed E-state index contributed by atoms with van der Waals surface area (Å²) in [7, 11) is 1.56. The zero-order chi connectivity index (χ0) is 12.4. The van der Waals surface area contributed by atoms with Crippen LogP contribution in [-0.4, -0.2) is 41.4 Å². The Morgan fingerprint density at radius 2 is 2.35 bits per heavy atom. The van der Waals surface area contributed by atoms with Crippen LogP contribution in [0.1, 0.15) is 13.3 Å². The summed E-state index contributed by atoms with van der Waals surface area (Å²) in [6.07, 6.45) is 2.08. The first-order valence-corrected chi connectivity index (χ1v) is 5.71. The molecule has 6 nitrogen and oxygen atoms in total. The summed E-state index contributed by atoms with van der Waals surface area (Å²) in [6, 6.07) is 0. The van der Waals surface area contributed by atoms with Crippen LogP contribution in [0.25, 0.3) is 0 Å². The fraction of sp³-hybridized carbons (Fsp3) is 0.636. The van der Waals surface area contributed by atoms with Gasteiger partial charge in [-0.05, 0) is 13.3 Å². The van der Waals surface area contributed by atoms with Gasteiger partial charge in [0.25, 0.3) is 0 Å². The molecule has 0 radical (unpaired) electrons. The van der Waals surface area contributed by atoms with Crippen molar-refractivity contribution in [3.05, 3.63) is 6.33 Å². The van der Waals surface area contributed by atoms with Gasteiger partial charge in [-0.25, -0.2) is 9.97 Å². The van der Waals surface area contributed by atoms with Gasteiger partial charge in [-0.3, -0.25) is 0 Å². The normalized spacial score (nSPS) is 21.6. The van der Waals surface area contributed by atoms with E-state index in [2.05, 4.69) is 14.9 Å². The molecule has 94 valence electrons. The Hall–Kier alpha value is -1.56. The van der Waals surface area contributed by atoms with E-state index in [0.717, 1.165) is 19.5 Å². The maximum Gasteiger partial charge on any atom is 0.204 e. The van der Waals surface area contributed by atoms with Crippen molar-refractivity contribution in [2.75, 3.05) is 30.8 Å². The van der Waals surface area contributed by atoms with E-state index in [4.69, 9.17) is 10.5 Å². The smallest absolute Gasteiger partial charge is 0.204 e. The van der Waals surface area contributed by atoms with Gasteiger partial charge in [-0.2, -0.15) is 0 Å². The highest BCUT2D eigenvalue weighted by Gasteiger charge is 2.29. The minimum Gasteiger partial charge on any atom is -0.490 e. The zero-order valence-corrected chi connectivity index (χ0v) is 10.1. The number of aromatic nitrogens is 2. The monoisotopic (exact) mass is 238 g/mol. The minimum atomic E-state index is -0.301. The SMILES string of the molecule is COc1c(N)ncnc1N1CCC(C(C)O)C1. The van der Waals surface area contributed by atoms with Gasteiger partial charge in [0.05, 0.1) is 13.2 Å². The van der Waals surface area contributed by atoms with Crippen molar-refractivity contribution >= 4 is 11.6 Å². The molecule has 3 N–H and O–H groups in total. The predicted octanol–water partition coefficient (Wildman–Crippen LogP) is 0.275. The summed E-state index contributed by atoms with van der Waals surface area (Å²) in [5.74, 6) is 1.84. The van der Waals surface area contributed by atoms with Crippen molar-refractivity contribution in [2.45, 2.75) is 19.4 Å². The number of anilines is 2.